The highest BCUT2D eigenvalue weighted by Crippen LogP contribution is 2.06. The van der Waals surface area contributed by atoms with E-state index < -0.39 is 0 Å². The summed E-state index contributed by atoms with van der Waals surface area (Å²) in [6, 6.07) is 16.9. The van der Waals surface area contributed by atoms with Gasteiger partial charge in [0.05, 0.1) is 7.11 Å². The molecular formula is C14H13ClIO+. The Labute approximate surface area is 117 Å². The minimum absolute atomic E-state index is 0.106. The lowest BCUT2D eigenvalue weighted by molar-refractivity contribution is -0.597. The van der Waals surface area contributed by atoms with Gasteiger partial charge >= 0.3 is 21.2 Å². The molecule has 0 saturated heterocycles. The van der Waals surface area contributed by atoms with E-state index in [2.05, 4.69) is 36.4 Å². The molecule has 0 heterocycles. The molecule has 0 radical (unpaired) electrons. The van der Waals surface area contributed by atoms with Gasteiger partial charge in [0.25, 0.3) is 0 Å². The average molecular weight is 360 g/mol. The van der Waals surface area contributed by atoms with Gasteiger partial charge in [0, 0.05) is 5.88 Å². The minimum Gasteiger partial charge on any atom is -0.497 e. The number of methoxy groups -OCH3 is 1. The molecule has 17 heavy (non-hydrogen) atoms. The second-order valence-electron chi connectivity index (χ2n) is 3.51. The summed E-state index contributed by atoms with van der Waals surface area (Å²) in [5, 5.41) is 0. The number of benzene rings is 2. The fourth-order valence-corrected chi connectivity index (χ4v) is 3.73. The maximum Gasteiger partial charge on any atom is 0.357 e. The van der Waals surface area contributed by atoms with Gasteiger partial charge in [-0.3, -0.25) is 0 Å². The second-order valence-corrected chi connectivity index (χ2v) is 6.81. The monoisotopic (exact) mass is 359 g/mol. The van der Waals surface area contributed by atoms with Crippen molar-refractivity contribution in [3.8, 4) is 5.75 Å². The first kappa shape index (κ1) is 12.7. The summed E-state index contributed by atoms with van der Waals surface area (Å²) in [5.41, 5.74) is 1.18. The Balaban J connectivity index is 2.08. The molecule has 0 N–H and O–H groups in total. The van der Waals surface area contributed by atoms with Gasteiger partial charge in [-0.2, -0.15) is 0 Å². The predicted molar refractivity (Wildman–Crippen MR) is 66.4 cm³/mol. The van der Waals surface area contributed by atoms with E-state index in [1.54, 1.807) is 7.11 Å². The fraction of sp³-hybridized carbons (Fsp3) is 0.143. The molecule has 2 aromatic carbocycles. The fourth-order valence-electron chi connectivity index (χ4n) is 1.40. The van der Waals surface area contributed by atoms with Crippen LogP contribution < -0.4 is 25.9 Å². The Hall–Kier alpha value is -0.740. The summed E-state index contributed by atoms with van der Waals surface area (Å²) < 4.78 is 7.94. The van der Waals surface area contributed by atoms with Crippen molar-refractivity contribution in [1.29, 1.82) is 0 Å². The molecule has 0 fully saturated rings. The minimum atomic E-state index is -0.106. The lowest BCUT2D eigenvalue weighted by Gasteiger charge is -1.96. The number of ether oxygens (including phenoxy) is 1. The van der Waals surface area contributed by atoms with E-state index in [1.165, 1.54) is 12.7 Å². The van der Waals surface area contributed by atoms with Gasteiger partial charge in [-0.15, -0.1) is 11.6 Å². The van der Waals surface area contributed by atoms with Gasteiger partial charge in [0.2, 0.25) is 0 Å². The van der Waals surface area contributed by atoms with Crippen LogP contribution in [0.2, 0.25) is 0 Å². The van der Waals surface area contributed by atoms with Crippen molar-refractivity contribution in [2.75, 3.05) is 7.11 Å². The van der Waals surface area contributed by atoms with Gasteiger partial charge in [0.15, 0.2) is 7.14 Å². The van der Waals surface area contributed by atoms with Crippen molar-refractivity contribution in [3.63, 3.8) is 0 Å². The van der Waals surface area contributed by atoms with Crippen LogP contribution in [0.4, 0.5) is 0 Å². The number of rotatable bonds is 4. The summed E-state index contributed by atoms with van der Waals surface area (Å²) >= 11 is 5.66. The molecule has 2 aromatic rings. The van der Waals surface area contributed by atoms with Crippen molar-refractivity contribution < 1.29 is 25.9 Å². The Morgan fingerprint density at radius 2 is 1.47 bits per heavy atom. The highest BCUT2D eigenvalue weighted by atomic mass is 127. The van der Waals surface area contributed by atoms with Gasteiger partial charge in [0.1, 0.15) is 5.75 Å². The Bertz CT molecular complexity index is 419. The van der Waals surface area contributed by atoms with Gasteiger partial charge < -0.3 is 4.74 Å². The van der Waals surface area contributed by atoms with Crippen molar-refractivity contribution in [2.45, 2.75) is 5.88 Å². The lowest BCUT2D eigenvalue weighted by atomic mass is 10.2. The number of alkyl halides is 1. The summed E-state index contributed by atoms with van der Waals surface area (Å²) in [5.74, 6) is 1.50. The van der Waals surface area contributed by atoms with E-state index in [9.17, 15) is 0 Å². The first-order valence-corrected chi connectivity index (χ1v) is 7.95. The van der Waals surface area contributed by atoms with Crippen molar-refractivity contribution in [1.82, 2.24) is 0 Å². The maximum absolute atomic E-state index is 5.77. The average Bonchev–Trinajstić information content (AvgIpc) is 2.40. The first-order valence-electron chi connectivity index (χ1n) is 5.25. The molecular weight excluding hydrogens is 347 g/mol. The van der Waals surface area contributed by atoms with Crippen LogP contribution in [0.3, 0.4) is 0 Å². The van der Waals surface area contributed by atoms with Crippen LogP contribution in [0.1, 0.15) is 5.56 Å². The largest absolute Gasteiger partial charge is 0.497 e. The zero-order valence-corrected chi connectivity index (χ0v) is 12.4. The lowest BCUT2D eigenvalue weighted by Crippen LogP contribution is -3.61. The van der Waals surface area contributed by atoms with Crippen molar-refractivity contribution >= 4 is 11.6 Å². The molecule has 0 aliphatic carbocycles. The summed E-state index contributed by atoms with van der Waals surface area (Å²) in [4.78, 5) is 0. The predicted octanol–water partition coefficient (Wildman–Crippen LogP) is 0.562. The Morgan fingerprint density at radius 3 is 1.94 bits per heavy atom. The van der Waals surface area contributed by atoms with Crippen LogP contribution in [-0.2, 0) is 5.88 Å². The van der Waals surface area contributed by atoms with E-state index in [0.29, 0.717) is 5.88 Å². The normalized spacial score (nSPS) is 10.2. The van der Waals surface area contributed by atoms with Crippen molar-refractivity contribution in [3.05, 3.63) is 61.2 Å². The molecule has 0 bridgehead atoms. The second kappa shape index (κ2) is 6.26. The van der Waals surface area contributed by atoms with Gasteiger partial charge in [-0.25, -0.2) is 0 Å². The number of halogens is 2. The molecule has 0 aromatic heterocycles. The van der Waals surface area contributed by atoms with E-state index in [-0.39, 0.29) is 21.2 Å². The zero-order valence-electron chi connectivity index (χ0n) is 9.49. The van der Waals surface area contributed by atoms with Crippen LogP contribution in [0.25, 0.3) is 0 Å². The third kappa shape index (κ3) is 3.61. The van der Waals surface area contributed by atoms with E-state index in [1.807, 2.05) is 12.1 Å². The van der Waals surface area contributed by atoms with Gasteiger partial charge in [-0.05, 0) is 42.0 Å². The third-order valence-corrected chi connectivity index (χ3v) is 5.33. The molecule has 0 saturated carbocycles. The smallest absolute Gasteiger partial charge is 0.357 e. The SMILES string of the molecule is COc1ccc([I+]c2ccc(CCl)cc2)cc1. The quantitative estimate of drug-likeness (QED) is 0.573. The van der Waals surface area contributed by atoms with Crippen molar-refractivity contribution in [2.24, 2.45) is 0 Å². The summed E-state index contributed by atoms with van der Waals surface area (Å²) in [6.07, 6.45) is 0. The molecule has 0 aliphatic heterocycles. The van der Waals surface area contributed by atoms with E-state index in [0.717, 1.165) is 5.75 Å². The summed E-state index contributed by atoms with van der Waals surface area (Å²) in [7, 11) is 1.69. The Morgan fingerprint density at radius 1 is 0.941 bits per heavy atom. The topological polar surface area (TPSA) is 9.23 Å². The van der Waals surface area contributed by atoms with E-state index >= 15 is 0 Å². The molecule has 0 unspecified atom stereocenters. The standard InChI is InChI=1S/C14H13ClIO/c1-17-14-8-6-13(7-9-14)16-12-4-2-11(10-15)3-5-12/h2-9H,10H2,1H3/q+1. The van der Waals surface area contributed by atoms with Crippen LogP contribution in [0, 0.1) is 7.14 Å². The highest BCUT2D eigenvalue weighted by molar-refractivity contribution is 6.17. The molecule has 2 rings (SSSR count). The molecule has 0 spiro atoms. The van der Waals surface area contributed by atoms with Crippen LogP contribution in [0.5, 0.6) is 5.75 Å². The van der Waals surface area contributed by atoms with Gasteiger partial charge in [-0.1, -0.05) is 12.1 Å². The third-order valence-electron chi connectivity index (χ3n) is 2.34. The zero-order chi connectivity index (χ0) is 12.1. The van der Waals surface area contributed by atoms with Crippen LogP contribution in [0.15, 0.2) is 48.5 Å². The molecule has 0 amide bonds. The van der Waals surface area contributed by atoms with Crippen LogP contribution in [-0.4, -0.2) is 7.11 Å². The number of hydrogen-bond acceptors (Lipinski definition) is 1. The summed E-state index contributed by atoms with van der Waals surface area (Å²) in [6.45, 7) is 0. The first-order chi connectivity index (χ1) is 8.31. The maximum atomic E-state index is 5.77. The molecule has 88 valence electrons. The highest BCUT2D eigenvalue weighted by Gasteiger charge is 2.14. The number of hydrogen-bond donors (Lipinski definition) is 0. The molecule has 1 nitrogen and oxygen atoms in total. The molecule has 0 atom stereocenters. The molecule has 0 aliphatic rings. The Kier molecular flexibility index (Phi) is 4.68. The molecule has 3 heteroatoms. The van der Waals surface area contributed by atoms with E-state index in [4.69, 9.17) is 16.3 Å². The van der Waals surface area contributed by atoms with Crippen LogP contribution >= 0.6 is 11.6 Å².